The fourth-order valence-electron chi connectivity index (χ4n) is 1.60. The zero-order valence-electron chi connectivity index (χ0n) is 9.87. The number of hydrogen-bond acceptors (Lipinski definition) is 3. The van der Waals surface area contributed by atoms with Gasteiger partial charge < -0.3 is 10.1 Å². The molecule has 0 spiro atoms. The van der Waals surface area contributed by atoms with Gasteiger partial charge in [-0.05, 0) is 0 Å². The van der Waals surface area contributed by atoms with E-state index in [0.29, 0.717) is 6.10 Å². The zero-order chi connectivity index (χ0) is 11.1. The van der Waals surface area contributed by atoms with E-state index in [1.54, 1.807) is 0 Å². The van der Waals surface area contributed by atoms with Gasteiger partial charge in [-0.2, -0.15) is 5.10 Å². The van der Waals surface area contributed by atoms with Crippen molar-refractivity contribution >= 4 is 0 Å². The van der Waals surface area contributed by atoms with Gasteiger partial charge in [0.2, 0.25) is 0 Å². The maximum atomic E-state index is 5.88. The van der Waals surface area contributed by atoms with E-state index >= 15 is 0 Å². The molecule has 1 aromatic heterocycles. The SMILES string of the molecule is Cn1cc(OC2CNC2)c(C(C)(C)C)n1. The van der Waals surface area contributed by atoms with Crippen LogP contribution in [0.15, 0.2) is 6.20 Å². The van der Waals surface area contributed by atoms with Gasteiger partial charge in [0, 0.05) is 25.6 Å². The summed E-state index contributed by atoms with van der Waals surface area (Å²) in [4.78, 5) is 0. The molecule has 0 atom stereocenters. The predicted molar refractivity (Wildman–Crippen MR) is 59.2 cm³/mol. The normalized spacial score (nSPS) is 17.6. The Balaban J connectivity index is 2.20. The Labute approximate surface area is 90.6 Å². The highest BCUT2D eigenvalue weighted by molar-refractivity contribution is 5.30. The molecule has 1 aromatic rings. The van der Waals surface area contributed by atoms with Crippen molar-refractivity contribution in [2.75, 3.05) is 13.1 Å². The summed E-state index contributed by atoms with van der Waals surface area (Å²) >= 11 is 0. The van der Waals surface area contributed by atoms with Crippen LogP contribution < -0.4 is 10.1 Å². The molecular formula is C11H19N3O. The Bertz CT molecular complexity index is 347. The molecule has 0 radical (unpaired) electrons. The van der Waals surface area contributed by atoms with Crippen LogP contribution in [0.25, 0.3) is 0 Å². The summed E-state index contributed by atoms with van der Waals surface area (Å²) in [5.41, 5.74) is 1.07. The lowest BCUT2D eigenvalue weighted by Crippen LogP contribution is -2.50. The second kappa shape index (κ2) is 3.52. The summed E-state index contributed by atoms with van der Waals surface area (Å²) in [6.07, 6.45) is 2.27. The van der Waals surface area contributed by atoms with Gasteiger partial charge in [-0.3, -0.25) is 4.68 Å². The summed E-state index contributed by atoms with van der Waals surface area (Å²) in [5.74, 6) is 0.927. The van der Waals surface area contributed by atoms with Gasteiger partial charge in [0.05, 0.1) is 6.20 Å². The molecule has 0 saturated carbocycles. The van der Waals surface area contributed by atoms with Crippen LogP contribution in [0.5, 0.6) is 5.75 Å². The minimum atomic E-state index is 0.0355. The highest BCUT2D eigenvalue weighted by Crippen LogP contribution is 2.30. The second-order valence-electron chi connectivity index (χ2n) is 5.16. The first-order valence-electron chi connectivity index (χ1n) is 5.38. The fraction of sp³-hybridized carbons (Fsp3) is 0.727. The molecule has 1 aliphatic heterocycles. The minimum Gasteiger partial charge on any atom is -0.484 e. The van der Waals surface area contributed by atoms with Crippen LogP contribution in [0.4, 0.5) is 0 Å². The number of nitrogens with zero attached hydrogens (tertiary/aromatic N) is 2. The van der Waals surface area contributed by atoms with Crippen molar-refractivity contribution in [3.8, 4) is 5.75 Å². The number of aromatic nitrogens is 2. The monoisotopic (exact) mass is 209 g/mol. The molecule has 2 rings (SSSR count). The van der Waals surface area contributed by atoms with Gasteiger partial charge in [0.1, 0.15) is 11.8 Å². The average Bonchev–Trinajstić information content (AvgIpc) is 2.38. The largest absolute Gasteiger partial charge is 0.484 e. The molecule has 4 heteroatoms. The number of aryl methyl sites for hydroxylation is 1. The van der Waals surface area contributed by atoms with Crippen LogP contribution in [0.2, 0.25) is 0 Å². The second-order valence-corrected chi connectivity index (χ2v) is 5.16. The Morgan fingerprint density at radius 1 is 1.47 bits per heavy atom. The molecule has 0 bridgehead atoms. The molecule has 84 valence electrons. The number of hydrogen-bond donors (Lipinski definition) is 1. The van der Waals surface area contributed by atoms with E-state index in [1.165, 1.54) is 0 Å². The first-order chi connectivity index (χ1) is 6.97. The highest BCUT2D eigenvalue weighted by Gasteiger charge is 2.26. The number of nitrogens with one attached hydrogen (secondary N) is 1. The zero-order valence-corrected chi connectivity index (χ0v) is 9.87. The van der Waals surface area contributed by atoms with Crippen molar-refractivity contribution in [2.24, 2.45) is 7.05 Å². The Hall–Kier alpha value is -1.03. The van der Waals surface area contributed by atoms with Crippen LogP contribution in [0.3, 0.4) is 0 Å². The lowest BCUT2D eigenvalue weighted by molar-refractivity contribution is 0.139. The molecule has 0 aliphatic carbocycles. The van der Waals surface area contributed by atoms with Crippen molar-refractivity contribution in [3.05, 3.63) is 11.9 Å². The van der Waals surface area contributed by atoms with E-state index in [9.17, 15) is 0 Å². The van der Waals surface area contributed by atoms with Gasteiger partial charge in [0.15, 0.2) is 5.75 Å². The molecule has 0 aromatic carbocycles. The third-order valence-electron chi connectivity index (χ3n) is 2.54. The molecular weight excluding hydrogens is 190 g/mol. The van der Waals surface area contributed by atoms with E-state index in [-0.39, 0.29) is 5.41 Å². The Morgan fingerprint density at radius 2 is 2.13 bits per heavy atom. The predicted octanol–water partition coefficient (Wildman–Crippen LogP) is 1.07. The number of rotatable bonds is 2. The molecule has 1 saturated heterocycles. The first-order valence-corrected chi connectivity index (χ1v) is 5.38. The lowest BCUT2D eigenvalue weighted by atomic mass is 9.92. The first kappa shape index (κ1) is 10.5. The summed E-state index contributed by atoms with van der Waals surface area (Å²) in [5, 5.41) is 7.66. The summed E-state index contributed by atoms with van der Waals surface area (Å²) in [6, 6.07) is 0. The highest BCUT2D eigenvalue weighted by atomic mass is 16.5. The molecule has 15 heavy (non-hydrogen) atoms. The van der Waals surface area contributed by atoms with Gasteiger partial charge in [-0.25, -0.2) is 0 Å². The van der Waals surface area contributed by atoms with Crippen LogP contribution in [-0.4, -0.2) is 29.0 Å². The minimum absolute atomic E-state index is 0.0355. The third kappa shape index (κ3) is 2.15. The van der Waals surface area contributed by atoms with Crippen LogP contribution in [0, 0.1) is 0 Å². The van der Waals surface area contributed by atoms with Crippen molar-refractivity contribution in [1.29, 1.82) is 0 Å². The smallest absolute Gasteiger partial charge is 0.161 e. The van der Waals surface area contributed by atoms with Crippen molar-refractivity contribution in [1.82, 2.24) is 15.1 Å². The molecule has 2 heterocycles. The van der Waals surface area contributed by atoms with E-state index in [4.69, 9.17) is 4.74 Å². The third-order valence-corrected chi connectivity index (χ3v) is 2.54. The maximum Gasteiger partial charge on any atom is 0.161 e. The van der Waals surface area contributed by atoms with Gasteiger partial charge >= 0.3 is 0 Å². The fourth-order valence-corrected chi connectivity index (χ4v) is 1.60. The van der Waals surface area contributed by atoms with Crippen LogP contribution in [-0.2, 0) is 12.5 Å². The van der Waals surface area contributed by atoms with Crippen molar-refractivity contribution in [3.63, 3.8) is 0 Å². The van der Waals surface area contributed by atoms with E-state index in [1.807, 2.05) is 17.9 Å². The van der Waals surface area contributed by atoms with Gasteiger partial charge in [0.25, 0.3) is 0 Å². The van der Waals surface area contributed by atoms with Crippen LogP contribution >= 0.6 is 0 Å². The van der Waals surface area contributed by atoms with Crippen molar-refractivity contribution < 1.29 is 4.74 Å². The average molecular weight is 209 g/mol. The quantitative estimate of drug-likeness (QED) is 0.792. The van der Waals surface area contributed by atoms with E-state index in [0.717, 1.165) is 24.5 Å². The number of ether oxygens (including phenoxy) is 1. The van der Waals surface area contributed by atoms with E-state index < -0.39 is 0 Å². The Kier molecular flexibility index (Phi) is 2.46. The topological polar surface area (TPSA) is 39.1 Å². The lowest BCUT2D eigenvalue weighted by Gasteiger charge is -2.28. The summed E-state index contributed by atoms with van der Waals surface area (Å²) in [7, 11) is 1.93. The maximum absolute atomic E-state index is 5.88. The summed E-state index contributed by atoms with van der Waals surface area (Å²) in [6.45, 7) is 8.35. The molecule has 0 unspecified atom stereocenters. The van der Waals surface area contributed by atoms with Gasteiger partial charge in [-0.15, -0.1) is 0 Å². The van der Waals surface area contributed by atoms with Crippen molar-refractivity contribution in [2.45, 2.75) is 32.3 Å². The molecule has 4 nitrogen and oxygen atoms in total. The Morgan fingerprint density at radius 3 is 2.60 bits per heavy atom. The molecule has 1 aliphatic rings. The van der Waals surface area contributed by atoms with Gasteiger partial charge in [-0.1, -0.05) is 20.8 Å². The standard InChI is InChI=1S/C11H19N3O/c1-11(2,3)10-9(7-14(4)13-10)15-8-5-12-6-8/h7-8,12H,5-6H2,1-4H3. The van der Waals surface area contributed by atoms with E-state index in [2.05, 4.69) is 31.2 Å². The molecule has 1 fully saturated rings. The van der Waals surface area contributed by atoms with Crippen LogP contribution in [0.1, 0.15) is 26.5 Å². The molecule has 0 amide bonds. The molecule has 1 N–H and O–H groups in total. The summed E-state index contributed by atoms with van der Waals surface area (Å²) < 4.78 is 7.70.